The van der Waals surface area contributed by atoms with Crippen molar-refractivity contribution in [1.82, 2.24) is 0 Å². The third-order valence-electron chi connectivity index (χ3n) is 4.63. The molecule has 0 heterocycles. The van der Waals surface area contributed by atoms with E-state index in [9.17, 15) is 13.2 Å². The van der Waals surface area contributed by atoms with Crippen molar-refractivity contribution in [2.45, 2.75) is 33.1 Å². The Morgan fingerprint density at radius 3 is 2.48 bits per heavy atom. The first-order valence-electron chi connectivity index (χ1n) is 10.5. The van der Waals surface area contributed by atoms with Gasteiger partial charge in [0.15, 0.2) is 11.5 Å². The molecule has 0 aromatic heterocycles. The van der Waals surface area contributed by atoms with Gasteiger partial charge in [0.25, 0.3) is 0 Å². The van der Waals surface area contributed by atoms with Crippen LogP contribution in [0.4, 0.5) is 0 Å². The van der Waals surface area contributed by atoms with Crippen molar-refractivity contribution in [2.24, 2.45) is 0 Å². The Bertz CT molecular complexity index is 1130. The Morgan fingerprint density at radius 2 is 1.85 bits per heavy atom. The molecule has 2 aromatic carbocycles. The molecule has 0 saturated heterocycles. The molecule has 0 amide bonds. The number of carboxylic acid groups (broad SMARTS) is 1. The minimum Gasteiger partial charge on any atom is -0.493 e. The topological polar surface area (TPSA) is 99.1 Å². The fraction of sp³-hybridized carbons (Fsp3) is 0.320. The predicted molar refractivity (Wildman–Crippen MR) is 129 cm³/mol. The molecule has 0 radical (unpaired) electrons. The number of methoxy groups -OCH3 is 1. The van der Waals surface area contributed by atoms with Gasteiger partial charge in [0, 0.05) is 11.1 Å². The van der Waals surface area contributed by atoms with Gasteiger partial charge >= 0.3 is 16.1 Å². The Labute approximate surface area is 195 Å². The predicted octanol–water partition coefficient (Wildman–Crippen LogP) is 4.96. The molecule has 33 heavy (non-hydrogen) atoms. The lowest BCUT2D eigenvalue weighted by Crippen LogP contribution is -2.07. The van der Waals surface area contributed by atoms with E-state index in [1.807, 2.05) is 30.4 Å². The number of benzene rings is 2. The number of unbranched alkanes of at least 4 members (excludes halogenated alkanes) is 1. The summed E-state index contributed by atoms with van der Waals surface area (Å²) in [5, 5.41) is 9.12. The molecule has 0 aliphatic rings. The summed E-state index contributed by atoms with van der Waals surface area (Å²) < 4.78 is 38.9. The maximum absolute atomic E-state index is 11.4. The van der Waals surface area contributed by atoms with Crippen LogP contribution < -0.4 is 13.7 Å². The van der Waals surface area contributed by atoms with E-state index in [-0.39, 0.29) is 11.3 Å². The van der Waals surface area contributed by atoms with E-state index in [1.54, 1.807) is 31.2 Å². The van der Waals surface area contributed by atoms with Gasteiger partial charge in [-0.15, -0.1) is 0 Å². The van der Waals surface area contributed by atoms with Gasteiger partial charge < -0.3 is 18.8 Å². The zero-order chi connectivity index (χ0) is 24.4. The van der Waals surface area contributed by atoms with Crippen molar-refractivity contribution in [3.8, 4) is 17.2 Å². The molecule has 2 rings (SSSR count). The first-order chi connectivity index (χ1) is 15.6. The Kier molecular flexibility index (Phi) is 9.54. The smallest absolute Gasteiger partial charge is 0.331 e. The van der Waals surface area contributed by atoms with Crippen molar-refractivity contribution < 1.29 is 32.0 Å². The molecule has 1 N–H and O–H groups in total. The van der Waals surface area contributed by atoms with E-state index in [1.165, 1.54) is 7.11 Å². The normalized spacial score (nSPS) is 12.1. The van der Waals surface area contributed by atoms with Gasteiger partial charge in [-0.1, -0.05) is 43.7 Å². The van der Waals surface area contributed by atoms with E-state index in [4.69, 9.17) is 18.8 Å². The van der Waals surface area contributed by atoms with E-state index >= 15 is 0 Å². The van der Waals surface area contributed by atoms with Crippen LogP contribution in [0.2, 0.25) is 0 Å². The second-order valence-electron chi connectivity index (χ2n) is 7.51. The second-order valence-corrected chi connectivity index (χ2v) is 9.09. The Balaban J connectivity index is 2.23. The summed E-state index contributed by atoms with van der Waals surface area (Å²) in [5.41, 5.74) is 2.79. The SMILES string of the molecule is CCCCOc1cc(C=C(C)C(=O)O)ccc1C=CCc1ccc(OS(C)(=O)=O)c(OC)c1. The number of ether oxygens (including phenoxy) is 2. The molecule has 0 unspecified atom stereocenters. The number of allylic oxidation sites excluding steroid dienone is 1. The van der Waals surface area contributed by atoms with Crippen molar-refractivity contribution in [3.05, 3.63) is 64.7 Å². The van der Waals surface area contributed by atoms with Gasteiger partial charge in [0.1, 0.15) is 5.75 Å². The van der Waals surface area contributed by atoms with Crippen LogP contribution in [0.5, 0.6) is 17.2 Å². The van der Waals surface area contributed by atoms with Crippen LogP contribution in [0.3, 0.4) is 0 Å². The molecule has 0 aliphatic carbocycles. The highest BCUT2D eigenvalue weighted by atomic mass is 32.2. The summed E-state index contributed by atoms with van der Waals surface area (Å²) >= 11 is 0. The second kappa shape index (κ2) is 12.1. The number of carbonyl (C=O) groups is 1. The van der Waals surface area contributed by atoms with Crippen LogP contribution in [0, 0.1) is 0 Å². The number of hydrogen-bond donors (Lipinski definition) is 1. The minimum atomic E-state index is -3.65. The van der Waals surface area contributed by atoms with Crippen LogP contribution in [0.25, 0.3) is 12.2 Å². The van der Waals surface area contributed by atoms with Crippen molar-refractivity contribution >= 4 is 28.2 Å². The zero-order valence-electron chi connectivity index (χ0n) is 19.3. The molecule has 0 bridgehead atoms. The zero-order valence-corrected chi connectivity index (χ0v) is 20.1. The van der Waals surface area contributed by atoms with E-state index in [0.717, 1.165) is 35.8 Å². The molecule has 0 spiro atoms. The molecule has 0 fully saturated rings. The van der Waals surface area contributed by atoms with Gasteiger partial charge in [0.2, 0.25) is 0 Å². The fourth-order valence-corrected chi connectivity index (χ4v) is 3.40. The molecular weight excluding hydrogens is 444 g/mol. The number of rotatable bonds is 12. The molecule has 7 nitrogen and oxygen atoms in total. The van der Waals surface area contributed by atoms with Crippen LogP contribution in [-0.2, 0) is 21.3 Å². The minimum absolute atomic E-state index is 0.139. The number of carboxylic acids is 1. The number of aliphatic carboxylic acids is 1. The van der Waals surface area contributed by atoms with Crippen molar-refractivity contribution in [2.75, 3.05) is 20.0 Å². The standard InChI is InChI=1S/C25H30O7S/c1-5-6-14-31-23-17-20(15-18(2)25(26)27)10-12-21(23)9-7-8-19-11-13-22(24(16-19)30-3)32-33(4,28)29/h7,9-13,15-17H,5-6,8,14H2,1-4H3,(H,26,27). The Hall–Kier alpha value is -3.26. The Morgan fingerprint density at radius 1 is 1.09 bits per heavy atom. The third kappa shape index (κ3) is 8.65. The molecule has 0 atom stereocenters. The molecule has 178 valence electrons. The van der Waals surface area contributed by atoms with E-state index in [2.05, 4.69) is 6.92 Å². The highest BCUT2D eigenvalue weighted by molar-refractivity contribution is 7.86. The molecule has 2 aromatic rings. The van der Waals surface area contributed by atoms with Gasteiger partial charge in [-0.3, -0.25) is 0 Å². The maximum Gasteiger partial charge on any atom is 0.331 e. The maximum atomic E-state index is 11.4. The largest absolute Gasteiger partial charge is 0.493 e. The highest BCUT2D eigenvalue weighted by Gasteiger charge is 2.11. The summed E-state index contributed by atoms with van der Waals surface area (Å²) in [6, 6.07) is 10.6. The highest BCUT2D eigenvalue weighted by Crippen LogP contribution is 2.30. The number of hydrogen-bond acceptors (Lipinski definition) is 6. The van der Waals surface area contributed by atoms with E-state index in [0.29, 0.717) is 24.5 Å². The van der Waals surface area contributed by atoms with Crippen molar-refractivity contribution in [3.63, 3.8) is 0 Å². The van der Waals surface area contributed by atoms with Crippen LogP contribution >= 0.6 is 0 Å². The average molecular weight is 475 g/mol. The first kappa shape index (κ1) is 26.0. The average Bonchev–Trinajstić information content (AvgIpc) is 2.75. The summed E-state index contributed by atoms with van der Waals surface area (Å²) in [6.45, 7) is 4.20. The monoisotopic (exact) mass is 474 g/mol. The molecule has 0 aliphatic heterocycles. The lowest BCUT2D eigenvalue weighted by Gasteiger charge is -2.11. The van der Waals surface area contributed by atoms with Crippen LogP contribution in [-0.4, -0.2) is 39.5 Å². The lowest BCUT2D eigenvalue weighted by atomic mass is 10.1. The lowest BCUT2D eigenvalue weighted by molar-refractivity contribution is -0.132. The molecule has 0 saturated carbocycles. The summed E-state index contributed by atoms with van der Waals surface area (Å²) in [5.74, 6) is 0.191. The quantitative estimate of drug-likeness (QED) is 0.264. The van der Waals surface area contributed by atoms with Crippen molar-refractivity contribution in [1.29, 1.82) is 0 Å². The van der Waals surface area contributed by atoms with Crippen LogP contribution in [0.1, 0.15) is 43.4 Å². The molecular formula is C25H30O7S. The first-order valence-corrected chi connectivity index (χ1v) is 12.4. The van der Waals surface area contributed by atoms with Gasteiger partial charge in [0.05, 0.1) is 20.0 Å². The third-order valence-corrected chi connectivity index (χ3v) is 5.12. The summed E-state index contributed by atoms with van der Waals surface area (Å²) in [4.78, 5) is 11.1. The van der Waals surface area contributed by atoms with Gasteiger partial charge in [-0.25, -0.2) is 4.79 Å². The summed E-state index contributed by atoms with van der Waals surface area (Å²) in [6.07, 6.45) is 8.98. The van der Waals surface area contributed by atoms with Gasteiger partial charge in [-0.2, -0.15) is 8.42 Å². The summed E-state index contributed by atoms with van der Waals surface area (Å²) in [7, 11) is -2.20. The molecule has 8 heteroatoms. The van der Waals surface area contributed by atoms with E-state index < -0.39 is 16.1 Å². The fourth-order valence-electron chi connectivity index (χ4n) is 2.93. The van der Waals surface area contributed by atoms with Gasteiger partial charge in [-0.05, 0) is 55.2 Å². The van der Waals surface area contributed by atoms with Crippen LogP contribution in [0.15, 0.2) is 48.0 Å².